The van der Waals surface area contributed by atoms with Crippen LogP contribution < -0.4 is 10.6 Å². The van der Waals surface area contributed by atoms with Gasteiger partial charge in [0.2, 0.25) is 0 Å². The van der Waals surface area contributed by atoms with Gasteiger partial charge in [-0.15, -0.1) is 0 Å². The van der Waals surface area contributed by atoms with Crippen molar-refractivity contribution in [2.24, 2.45) is 5.41 Å². The van der Waals surface area contributed by atoms with Crippen LogP contribution in [-0.2, 0) is 0 Å². The van der Waals surface area contributed by atoms with Crippen LogP contribution in [0.3, 0.4) is 0 Å². The number of carbonyl (C=O) groups is 1. The zero-order valence-corrected chi connectivity index (χ0v) is 12.4. The Hall–Kier alpha value is -1.62. The van der Waals surface area contributed by atoms with Crippen molar-refractivity contribution in [1.29, 1.82) is 0 Å². The Morgan fingerprint density at radius 2 is 2.00 bits per heavy atom. The average Bonchev–Trinajstić information content (AvgIpc) is 2.90. The standard InChI is InChI=1S/C16H23FN2O2/c1-16(8-4-5-9-16)11-19-15(21)18-10-14(20)12-6-2-3-7-13(12)17/h2-3,6-7,14,20H,4-5,8-11H2,1H3,(H2,18,19,21). The first-order valence-corrected chi connectivity index (χ1v) is 7.44. The Bertz CT molecular complexity index is 487. The second-order valence-electron chi connectivity index (χ2n) is 6.12. The minimum absolute atomic E-state index is 0.0104. The molecule has 1 aliphatic carbocycles. The maximum Gasteiger partial charge on any atom is 0.314 e. The largest absolute Gasteiger partial charge is 0.386 e. The third-order valence-corrected chi connectivity index (χ3v) is 4.21. The third kappa shape index (κ3) is 4.43. The molecule has 0 saturated heterocycles. The molecule has 4 nitrogen and oxygen atoms in total. The van der Waals surface area contributed by atoms with Gasteiger partial charge in [-0.1, -0.05) is 38.0 Å². The highest BCUT2D eigenvalue weighted by Crippen LogP contribution is 2.36. The zero-order chi connectivity index (χ0) is 15.3. The van der Waals surface area contributed by atoms with Crippen molar-refractivity contribution in [1.82, 2.24) is 10.6 Å². The Morgan fingerprint density at radius 1 is 1.33 bits per heavy atom. The van der Waals surface area contributed by atoms with E-state index in [-0.39, 0.29) is 23.6 Å². The van der Waals surface area contributed by atoms with Crippen molar-refractivity contribution < 1.29 is 14.3 Å². The molecule has 1 unspecified atom stereocenters. The molecule has 1 aromatic rings. The number of halogens is 1. The summed E-state index contributed by atoms with van der Waals surface area (Å²) in [4.78, 5) is 11.7. The first kappa shape index (κ1) is 15.8. The molecule has 116 valence electrons. The number of hydrogen-bond donors (Lipinski definition) is 3. The highest BCUT2D eigenvalue weighted by Gasteiger charge is 2.28. The van der Waals surface area contributed by atoms with E-state index < -0.39 is 11.9 Å². The van der Waals surface area contributed by atoms with Gasteiger partial charge in [0.15, 0.2) is 0 Å². The van der Waals surface area contributed by atoms with E-state index in [0.717, 1.165) is 12.8 Å². The van der Waals surface area contributed by atoms with Crippen LogP contribution in [0, 0.1) is 11.2 Å². The van der Waals surface area contributed by atoms with Crippen molar-refractivity contribution in [2.45, 2.75) is 38.7 Å². The number of aliphatic hydroxyl groups is 1. The van der Waals surface area contributed by atoms with E-state index in [4.69, 9.17) is 0 Å². The summed E-state index contributed by atoms with van der Waals surface area (Å²) in [6, 6.07) is 5.70. The van der Waals surface area contributed by atoms with E-state index >= 15 is 0 Å². The fourth-order valence-electron chi connectivity index (χ4n) is 2.81. The van der Waals surface area contributed by atoms with E-state index in [2.05, 4.69) is 17.6 Å². The first-order valence-electron chi connectivity index (χ1n) is 7.44. The quantitative estimate of drug-likeness (QED) is 0.782. The third-order valence-electron chi connectivity index (χ3n) is 4.21. The molecule has 1 aliphatic rings. The van der Waals surface area contributed by atoms with Crippen LogP contribution in [0.1, 0.15) is 44.3 Å². The molecule has 21 heavy (non-hydrogen) atoms. The van der Waals surface area contributed by atoms with E-state index in [0.29, 0.717) is 6.54 Å². The number of nitrogens with one attached hydrogen (secondary N) is 2. The number of amides is 2. The SMILES string of the molecule is CC1(CNC(=O)NCC(O)c2ccccc2F)CCCC1. The van der Waals surface area contributed by atoms with Gasteiger partial charge in [-0.3, -0.25) is 0 Å². The van der Waals surface area contributed by atoms with Crippen LogP contribution >= 0.6 is 0 Å². The van der Waals surface area contributed by atoms with Crippen molar-refractivity contribution in [3.05, 3.63) is 35.6 Å². The van der Waals surface area contributed by atoms with E-state index in [9.17, 15) is 14.3 Å². The smallest absolute Gasteiger partial charge is 0.314 e. The first-order chi connectivity index (χ1) is 10.0. The maximum absolute atomic E-state index is 13.5. The van der Waals surface area contributed by atoms with Gasteiger partial charge in [0.1, 0.15) is 5.82 Å². The minimum atomic E-state index is -1.04. The molecule has 1 saturated carbocycles. The predicted molar refractivity (Wildman–Crippen MR) is 79.3 cm³/mol. The lowest BCUT2D eigenvalue weighted by molar-refractivity contribution is 0.168. The molecule has 3 N–H and O–H groups in total. The van der Waals surface area contributed by atoms with Crippen molar-refractivity contribution in [3.63, 3.8) is 0 Å². The summed E-state index contributed by atoms with van der Waals surface area (Å²) in [7, 11) is 0. The molecule has 0 aromatic heterocycles. The van der Waals surface area contributed by atoms with Crippen LogP contribution in [0.25, 0.3) is 0 Å². The number of hydrogen-bond acceptors (Lipinski definition) is 2. The molecule has 1 atom stereocenters. The molecule has 1 fully saturated rings. The molecule has 0 heterocycles. The van der Waals surface area contributed by atoms with Gasteiger partial charge in [0.25, 0.3) is 0 Å². The number of urea groups is 1. The highest BCUT2D eigenvalue weighted by atomic mass is 19.1. The lowest BCUT2D eigenvalue weighted by Gasteiger charge is -2.24. The van der Waals surface area contributed by atoms with Gasteiger partial charge < -0.3 is 15.7 Å². The molecule has 2 rings (SSSR count). The molecular weight excluding hydrogens is 271 g/mol. The second kappa shape index (κ2) is 6.89. The summed E-state index contributed by atoms with van der Waals surface area (Å²) in [6.45, 7) is 2.80. The summed E-state index contributed by atoms with van der Waals surface area (Å²) in [5.41, 5.74) is 0.377. The summed E-state index contributed by atoms with van der Waals surface area (Å²) in [6.07, 6.45) is 3.65. The van der Waals surface area contributed by atoms with E-state index in [1.807, 2.05) is 0 Å². The molecule has 2 amide bonds. The number of aliphatic hydroxyl groups excluding tert-OH is 1. The van der Waals surface area contributed by atoms with Gasteiger partial charge in [-0.2, -0.15) is 0 Å². The summed E-state index contributed by atoms with van der Waals surface area (Å²) in [5, 5.41) is 15.3. The van der Waals surface area contributed by atoms with Crippen LogP contribution in [0.2, 0.25) is 0 Å². The van der Waals surface area contributed by atoms with Crippen LogP contribution in [0.15, 0.2) is 24.3 Å². The van der Waals surface area contributed by atoms with E-state index in [1.54, 1.807) is 12.1 Å². The van der Waals surface area contributed by atoms with Crippen LogP contribution in [0.4, 0.5) is 9.18 Å². The van der Waals surface area contributed by atoms with Crippen LogP contribution in [-0.4, -0.2) is 24.2 Å². The Balaban J connectivity index is 1.75. The van der Waals surface area contributed by atoms with Gasteiger partial charge in [-0.05, 0) is 24.3 Å². The summed E-state index contributed by atoms with van der Waals surface area (Å²) in [5.74, 6) is -0.467. The number of carbonyl (C=O) groups excluding carboxylic acids is 1. The monoisotopic (exact) mass is 294 g/mol. The second-order valence-corrected chi connectivity index (χ2v) is 6.12. The predicted octanol–water partition coefficient (Wildman–Crippen LogP) is 2.74. The Labute approximate surface area is 124 Å². The zero-order valence-electron chi connectivity index (χ0n) is 12.4. The van der Waals surface area contributed by atoms with Crippen molar-refractivity contribution in [3.8, 4) is 0 Å². The Morgan fingerprint density at radius 3 is 2.67 bits per heavy atom. The average molecular weight is 294 g/mol. The topological polar surface area (TPSA) is 61.4 Å². The lowest BCUT2D eigenvalue weighted by atomic mass is 9.89. The molecule has 1 aromatic carbocycles. The van der Waals surface area contributed by atoms with Gasteiger partial charge in [0, 0.05) is 18.7 Å². The summed E-state index contributed by atoms with van der Waals surface area (Å²) < 4.78 is 13.5. The number of rotatable bonds is 5. The molecule has 0 radical (unpaired) electrons. The summed E-state index contributed by atoms with van der Waals surface area (Å²) >= 11 is 0. The fourth-order valence-corrected chi connectivity index (χ4v) is 2.81. The van der Waals surface area contributed by atoms with Gasteiger partial charge in [-0.25, -0.2) is 9.18 Å². The van der Waals surface area contributed by atoms with Gasteiger partial charge in [0.05, 0.1) is 6.10 Å². The molecular formula is C16H23FN2O2. The Kier molecular flexibility index (Phi) is 5.17. The molecule has 0 bridgehead atoms. The maximum atomic E-state index is 13.5. The lowest BCUT2D eigenvalue weighted by Crippen LogP contribution is -2.42. The number of benzene rings is 1. The van der Waals surface area contributed by atoms with Crippen molar-refractivity contribution >= 4 is 6.03 Å². The molecule has 0 spiro atoms. The van der Waals surface area contributed by atoms with E-state index in [1.165, 1.54) is 25.0 Å². The fraction of sp³-hybridized carbons (Fsp3) is 0.562. The van der Waals surface area contributed by atoms with Crippen LogP contribution in [0.5, 0.6) is 0 Å². The molecule has 5 heteroatoms. The van der Waals surface area contributed by atoms with Gasteiger partial charge >= 0.3 is 6.03 Å². The molecule has 0 aliphatic heterocycles. The minimum Gasteiger partial charge on any atom is -0.386 e. The van der Waals surface area contributed by atoms with Crippen molar-refractivity contribution in [2.75, 3.05) is 13.1 Å². The normalized spacial score (nSPS) is 18.2. The highest BCUT2D eigenvalue weighted by molar-refractivity contribution is 5.73.